The minimum Gasteiger partial charge on any atom is -0.381 e. The van der Waals surface area contributed by atoms with Crippen LogP contribution in [0.5, 0.6) is 0 Å². The van der Waals surface area contributed by atoms with Gasteiger partial charge >= 0.3 is 0 Å². The molecule has 0 radical (unpaired) electrons. The Morgan fingerprint density at radius 2 is 2.25 bits per heavy atom. The van der Waals surface area contributed by atoms with E-state index in [4.69, 9.17) is 16.3 Å². The van der Waals surface area contributed by atoms with Gasteiger partial charge in [-0.3, -0.25) is 4.98 Å². The molecule has 1 heterocycles. The molecule has 0 saturated heterocycles. The lowest BCUT2D eigenvalue weighted by Gasteiger charge is -2.09. The van der Waals surface area contributed by atoms with E-state index in [0.29, 0.717) is 17.5 Å². The summed E-state index contributed by atoms with van der Waals surface area (Å²) >= 11 is 5.94. The van der Waals surface area contributed by atoms with Crippen molar-refractivity contribution in [1.29, 1.82) is 0 Å². The van der Waals surface area contributed by atoms with Crippen molar-refractivity contribution in [3.63, 3.8) is 0 Å². The molecule has 0 spiro atoms. The molecule has 90 valence electrons. The van der Waals surface area contributed by atoms with Gasteiger partial charge in [-0.25, -0.2) is 0 Å². The molecular formula is C12H19ClN2O. The molecule has 0 amide bonds. The van der Waals surface area contributed by atoms with Gasteiger partial charge in [0.05, 0.1) is 17.3 Å². The van der Waals surface area contributed by atoms with Gasteiger partial charge < -0.3 is 10.1 Å². The fourth-order valence-electron chi connectivity index (χ4n) is 1.20. The third kappa shape index (κ3) is 5.33. The minimum absolute atomic E-state index is 0.643. The van der Waals surface area contributed by atoms with Crippen LogP contribution >= 0.6 is 11.6 Å². The van der Waals surface area contributed by atoms with Crippen LogP contribution in [0, 0.1) is 5.92 Å². The Hall–Kier alpha value is -0.800. The third-order valence-corrected chi connectivity index (χ3v) is 2.48. The first-order chi connectivity index (χ1) is 7.70. The maximum atomic E-state index is 5.94. The number of anilines is 1. The maximum absolute atomic E-state index is 5.94. The van der Waals surface area contributed by atoms with Crippen LogP contribution in [0.15, 0.2) is 18.5 Å². The van der Waals surface area contributed by atoms with Gasteiger partial charge in [0.2, 0.25) is 0 Å². The molecule has 16 heavy (non-hydrogen) atoms. The highest BCUT2D eigenvalue weighted by Crippen LogP contribution is 2.18. The number of ether oxygens (including phenoxy) is 1. The zero-order chi connectivity index (χ0) is 11.8. The lowest BCUT2D eigenvalue weighted by Crippen LogP contribution is -2.11. The first kappa shape index (κ1) is 13.3. The van der Waals surface area contributed by atoms with Gasteiger partial charge in [0.15, 0.2) is 0 Å². The van der Waals surface area contributed by atoms with Gasteiger partial charge in [-0.2, -0.15) is 0 Å². The van der Waals surface area contributed by atoms with Crippen molar-refractivity contribution in [3.05, 3.63) is 23.5 Å². The Bertz CT molecular complexity index is 305. The Kier molecular flexibility index (Phi) is 6.19. The van der Waals surface area contributed by atoms with E-state index in [-0.39, 0.29) is 0 Å². The monoisotopic (exact) mass is 242 g/mol. The zero-order valence-electron chi connectivity index (χ0n) is 9.87. The van der Waals surface area contributed by atoms with Crippen LogP contribution in [-0.2, 0) is 4.74 Å². The van der Waals surface area contributed by atoms with Crippen molar-refractivity contribution in [2.45, 2.75) is 20.3 Å². The second-order valence-corrected chi connectivity index (χ2v) is 4.48. The lowest BCUT2D eigenvalue weighted by atomic mass is 10.1. The third-order valence-electron chi connectivity index (χ3n) is 2.17. The molecule has 0 unspecified atom stereocenters. The van der Waals surface area contributed by atoms with Crippen LogP contribution in [0.4, 0.5) is 5.69 Å². The molecule has 0 aliphatic rings. The van der Waals surface area contributed by atoms with Gasteiger partial charge in [0.25, 0.3) is 0 Å². The molecule has 1 rings (SSSR count). The van der Waals surface area contributed by atoms with Crippen molar-refractivity contribution in [1.82, 2.24) is 4.98 Å². The van der Waals surface area contributed by atoms with Crippen LogP contribution in [0.1, 0.15) is 20.3 Å². The van der Waals surface area contributed by atoms with Crippen molar-refractivity contribution in [3.8, 4) is 0 Å². The largest absolute Gasteiger partial charge is 0.381 e. The van der Waals surface area contributed by atoms with Gasteiger partial charge in [-0.05, 0) is 18.4 Å². The fraction of sp³-hybridized carbons (Fsp3) is 0.583. The summed E-state index contributed by atoms with van der Waals surface area (Å²) in [7, 11) is 0. The van der Waals surface area contributed by atoms with Gasteiger partial charge in [0, 0.05) is 25.5 Å². The minimum atomic E-state index is 0.643. The predicted octanol–water partition coefficient (Wildman–Crippen LogP) is 3.21. The Morgan fingerprint density at radius 1 is 1.44 bits per heavy atom. The summed E-state index contributed by atoms with van der Waals surface area (Å²) in [4.78, 5) is 3.92. The predicted molar refractivity (Wildman–Crippen MR) is 68.0 cm³/mol. The number of hydrogen-bond donors (Lipinski definition) is 1. The van der Waals surface area contributed by atoms with Gasteiger partial charge in [-0.15, -0.1) is 0 Å². The normalized spacial score (nSPS) is 10.8. The fourth-order valence-corrected chi connectivity index (χ4v) is 1.38. The molecule has 1 N–H and O–H groups in total. The van der Waals surface area contributed by atoms with Gasteiger partial charge in [0.1, 0.15) is 0 Å². The highest BCUT2D eigenvalue weighted by atomic mass is 35.5. The average Bonchev–Trinajstić information content (AvgIpc) is 2.25. The maximum Gasteiger partial charge on any atom is 0.0820 e. The molecular weight excluding hydrogens is 224 g/mol. The molecule has 0 aliphatic carbocycles. The summed E-state index contributed by atoms with van der Waals surface area (Å²) < 4.78 is 5.48. The quantitative estimate of drug-likeness (QED) is 0.746. The van der Waals surface area contributed by atoms with E-state index in [1.165, 1.54) is 0 Å². The number of pyridine rings is 1. The van der Waals surface area contributed by atoms with Crippen LogP contribution < -0.4 is 5.32 Å². The highest BCUT2D eigenvalue weighted by Gasteiger charge is 1.98. The molecule has 3 nitrogen and oxygen atoms in total. The molecule has 0 aromatic carbocycles. The molecule has 0 atom stereocenters. The first-order valence-electron chi connectivity index (χ1n) is 5.61. The number of halogens is 1. The summed E-state index contributed by atoms with van der Waals surface area (Å²) in [5.74, 6) is 0.697. The van der Waals surface area contributed by atoms with E-state index in [9.17, 15) is 0 Å². The van der Waals surface area contributed by atoms with Crippen molar-refractivity contribution >= 4 is 17.3 Å². The number of nitrogens with one attached hydrogen (secondary N) is 1. The number of aromatic nitrogens is 1. The van der Waals surface area contributed by atoms with Crippen LogP contribution in [-0.4, -0.2) is 24.7 Å². The molecule has 1 aromatic heterocycles. The Balaban J connectivity index is 2.10. The Morgan fingerprint density at radius 3 is 2.94 bits per heavy atom. The second kappa shape index (κ2) is 7.47. The SMILES string of the molecule is CC(C)CCOCCNc1ccncc1Cl. The van der Waals surface area contributed by atoms with Crippen molar-refractivity contribution in [2.24, 2.45) is 5.92 Å². The van der Waals surface area contributed by atoms with E-state index < -0.39 is 0 Å². The van der Waals surface area contributed by atoms with E-state index >= 15 is 0 Å². The van der Waals surface area contributed by atoms with Crippen LogP contribution in [0.3, 0.4) is 0 Å². The van der Waals surface area contributed by atoms with E-state index in [0.717, 1.165) is 25.3 Å². The standard InChI is InChI=1S/C12H19ClN2O/c1-10(2)4-7-16-8-6-15-12-3-5-14-9-11(12)13/h3,5,9-10H,4,6-8H2,1-2H3,(H,14,15). The van der Waals surface area contributed by atoms with E-state index in [1.54, 1.807) is 12.4 Å². The highest BCUT2D eigenvalue weighted by molar-refractivity contribution is 6.33. The molecule has 0 aliphatic heterocycles. The topological polar surface area (TPSA) is 34.1 Å². The van der Waals surface area contributed by atoms with Crippen LogP contribution in [0.25, 0.3) is 0 Å². The molecule has 0 fully saturated rings. The zero-order valence-corrected chi connectivity index (χ0v) is 10.6. The summed E-state index contributed by atoms with van der Waals surface area (Å²) in [6.45, 7) is 6.67. The van der Waals surface area contributed by atoms with E-state index in [2.05, 4.69) is 24.1 Å². The number of nitrogens with zero attached hydrogens (tertiary/aromatic N) is 1. The Labute approximate surface area is 102 Å². The molecule has 1 aromatic rings. The lowest BCUT2D eigenvalue weighted by molar-refractivity contribution is 0.132. The summed E-state index contributed by atoms with van der Waals surface area (Å²) in [5.41, 5.74) is 0.907. The first-order valence-corrected chi connectivity index (χ1v) is 5.99. The molecule has 0 bridgehead atoms. The second-order valence-electron chi connectivity index (χ2n) is 4.08. The van der Waals surface area contributed by atoms with Crippen molar-refractivity contribution < 1.29 is 4.74 Å². The van der Waals surface area contributed by atoms with Crippen LogP contribution in [0.2, 0.25) is 5.02 Å². The number of rotatable bonds is 7. The molecule has 4 heteroatoms. The summed E-state index contributed by atoms with van der Waals surface area (Å²) in [6.07, 6.45) is 4.45. The summed E-state index contributed by atoms with van der Waals surface area (Å²) in [5, 5.41) is 3.85. The van der Waals surface area contributed by atoms with Gasteiger partial charge in [-0.1, -0.05) is 25.4 Å². The average molecular weight is 243 g/mol. The number of hydrogen-bond acceptors (Lipinski definition) is 3. The van der Waals surface area contributed by atoms with E-state index in [1.807, 2.05) is 6.07 Å². The van der Waals surface area contributed by atoms with Crippen molar-refractivity contribution in [2.75, 3.05) is 25.1 Å². The molecule has 0 saturated carbocycles. The summed E-state index contributed by atoms with van der Waals surface area (Å²) in [6, 6.07) is 1.86. The smallest absolute Gasteiger partial charge is 0.0820 e.